The highest BCUT2D eigenvalue weighted by Crippen LogP contribution is 2.36. The van der Waals surface area contributed by atoms with E-state index in [9.17, 15) is 18.5 Å². The number of nitriles is 1. The number of nitrogens with one attached hydrogen (secondary N) is 1. The van der Waals surface area contributed by atoms with E-state index in [1.807, 2.05) is 25.1 Å². The Morgan fingerprint density at radius 1 is 1.14 bits per heavy atom. The van der Waals surface area contributed by atoms with E-state index in [-0.39, 0.29) is 28.4 Å². The van der Waals surface area contributed by atoms with Crippen molar-refractivity contribution in [3.05, 3.63) is 101 Å². The van der Waals surface area contributed by atoms with Crippen LogP contribution in [0.3, 0.4) is 0 Å². The van der Waals surface area contributed by atoms with Gasteiger partial charge in [0.15, 0.2) is 11.5 Å². The SMILES string of the molecule is C=CCc1cc(/C=C(\C#N)C(=O)Nc2ccc(C)cc2)cc(OC)c1OS(=O)(=O)c1ccc(Cl)cc1. The Labute approximate surface area is 215 Å². The molecule has 3 aromatic carbocycles. The molecule has 0 saturated heterocycles. The Balaban J connectivity index is 1.98. The van der Waals surface area contributed by atoms with Crippen LogP contribution in [0, 0.1) is 18.3 Å². The fraction of sp³-hybridized carbons (Fsp3) is 0.111. The number of benzene rings is 3. The van der Waals surface area contributed by atoms with E-state index in [1.54, 1.807) is 24.3 Å². The van der Waals surface area contributed by atoms with E-state index in [1.165, 1.54) is 43.5 Å². The van der Waals surface area contributed by atoms with Crippen LogP contribution in [0.5, 0.6) is 11.5 Å². The third-order valence-electron chi connectivity index (χ3n) is 5.02. The van der Waals surface area contributed by atoms with Crippen molar-refractivity contribution in [2.24, 2.45) is 0 Å². The number of allylic oxidation sites excluding steroid dienone is 1. The number of hydrogen-bond acceptors (Lipinski definition) is 6. The third-order valence-corrected chi connectivity index (χ3v) is 6.51. The van der Waals surface area contributed by atoms with Gasteiger partial charge < -0.3 is 14.2 Å². The van der Waals surface area contributed by atoms with Gasteiger partial charge in [-0.05, 0) is 73.5 Å². The monoisotopic (exact) mass is 522 g/mol. The maximum atomic E-state index is 12.9. The molecule has 0 aliphatic carbocycles. The van der Waals surface area contributed by atoms with Crippen molar-refractivity contribution in [1.29, 1.82) is 5.26 Å². The Hall–Kier alpha value is -4.06. The topological polar surface area (TPSA) is 105 Å². The van der Waals surface area contributed by atoms with Crippen LogP contribution in [-0.2, 0) is 21.3 Å². The first-order valence-electron chi connectivity index (χ1n) is 10.7. The maximum absolute atomic E-state index is 12.9. The second kappa shape index (κ2) is 11.6. The molecule has 0 bridgehead atoms. The van der Waals surface area contributed by atoms with Crippen molar-refractivity contribution in [3.63, 3.8) is 0 Å². The summed E-state index contributed by atoms with van der Waals surface area (Å²) < 4.78 is 36.6. The Bertz CT molecular complexity index is 1460. The Kier molecular flexibility index (Phi) is 8.54. The third kappa shape index (κ3) is 6.54. The summed E-state index contributed by atoms with van der Waals surface area (Å²) in [6.45, 7) is 5.64. The van der Waals surface area contributed by atoms with Gasteiger partial charge in [-0.3, -0.25) is 4.79 Å². The van der Waals surface area contributed by atoms with Crippen molar-refractivity contribution in [3.8, 4) is 17.6 Å². The van der Waals surface area contributed by atoms with Gasteiger partial charge in [0.1, 0.15) is 16.5 Å². The van der Waals surface area contributed by atoms with E-state index in [0.717, 1.165) is 5.56 Å². The molecule has 0 aliphatic heterocycles. The van der Waals surface area contributed by atoms with Gasteiger partial charge >= 0.3 is 10.1 Å². The molecule has 1 N–H and O–H groups in total. The van der Waals surface area contributed by atoms with Crippen LogP contribution in [0.2, 0.25) is 5.02 Å². The first-order valence-corrected chi connectivity index (χ1v) is 12.5. The predicted molar refractivity (Wildman–Crippen MR) is 140 cm³/mol. The Morgan fingerprint density at radius 2 is 1.81 bits per heavy atom. The molecule has 0 spiro atoms. The van der Waals surface area contributed by atoms with E-state index < -0.39 is 16.0 Å². The second-order valence-corrected chi connectivity index (χ2v) is 9.67. The first-order chi connectivity index (χ1) is 17.2. The van der Waals surface area contributed by atoms with Crippen LogP contribution in [0.4, 0.5) is 5.69 Å². The molecule has 0 heterocycles. The lowest BCUT2D eigenvalue weighted by Crippen LogP contribution is -2.13. The molecule has 1 amide bonds. The van der Waals surface area contributed by atoms with Crippen LogP contribution in [0.15, 0.2) is 83.8 Å². The fourth-order valence-electron chi connectivity index (χ4n) is 3.23. The van der Waals surface area contributed by atoms with Crippen LogP contribution < -0.4 is 14.2 Å². The number of carbonyl (C=O) groups excluding carboxylic acids is 1. The highest BCUT2D eigenvalue weighted by molar-refractivity contribution is 7.87. The first kappa shape index (κ1) is 26.5. The number of aryl methyl sites for hydroxylation is 1. The smallest absolute Gasteiger partial charge is 0.339 e. The summed E-state index contributed by atoms with van der Waals surface area (Å²) in [5.74, 6) is -0.502. The summed E-state index contributed by atoms with van der Waals surface area (Å²) in [5.41, 5.74) is 2.31. The largest absolute Gasteiger partial charge is 0.493 e. The molecular weight excluding hydrogens is 500 g/mol. The molecule has 184 valence electrons. The molecule has 0 atom stereocenters. The van der Waals surface area contributed by atoms with Crippen molar-refractivity contribution in [1.82, 2.24) is 0 Å². The number of hydrogen-bond donors (Lipinski definition) is 1. The summed E-state index contributed by atoms with van der Waals surface area (Å²) >= 11 is 5.86. The number of amides is 1. The van der Waals surface area contributed by atoms with Gasteiger partial charge in [0.05, 0.1) is 7.11 Å². The van der Waals surface area contributed by atoms with Crippen molar-refractivity contribution >= 4 is 39.4 Å². The lowest BCUT2D eigenvalue weighted by atomic mass is 10.0. The molecule has 0 fully saturated rings. The average molecular weight is 523 g/mol. The predicted octanol–water partition coefficient (Wildman–Crippen LogP) is 5.70. The quantitative estimate of drug-likeness (QED) is 0.167. The number of anilines is 1. The molecule has 0 aliphatic rings. The summed E-state index contributed by atoms with van der Waals surface area (Å²) in [6, 6.07) is 17.7. The molecule has 3 aromatic rings. The zero-order valence-corrected chi connectivity index (χ0v) is 21.2. The summed E-state index contributed by atoms with van der Waals surface area (Å²) in [6.07, 6.45) is 3.19. The van der Waals surface area contributed by atoms with Gasteiger partial charge in [0, 0.05) is 16.3 Å². The molecule has 0 saturated carbocycles. The number of rotatable bonds is 9. The summed E-state index contributed by atoms with van der Waals surface area (Å²) in [5, 5.41) is 12.7. The normalized spacial score (nSPS) is 11.3. The highest BCUT2D eigenvalue weighted by atomic mass is 35.5. The van der Waals surface area contributed by atoms with E-state index in [4.69, 9.17) is 20.5 Å². The molecule has 0 unspecified atom stereocenters. The van der Waals surface area contributed by atoms with Gasteiger partial charge in [-0.15, -0.1) is 6.58 Å². The number of halogens is 1. The molecule has 0 aromatic heterocycles. The van der Waals surface area contributed by atoms with E-state index in [2.05, 4.69) is 11.9 Å². The highest BCUT2D eigenvalue weighted by Gasteiger charge is 2.22. The second-order valence-electron chi connectivity index (χ2n) is 7.69. The summed E-state index contributed by atoms with van der Waals surface area (Å²) in [4.78, 5) is 12.6. The van der Waals surface area contributed by atoms with Gasteiger partial charge in [-0.1, -0.05) is 35.4 Å². The van der Waals surface area contributed by atoms with Gasteiger partial charge in [-0.25, -0.2) is 0 Å². The summed E-state index contributed by atoms with van der Waals surface area (Å²) in [7, 11) is -2.84. The number of ether oxygens (including phenoxy) is 1. The van der Waals surface area contributed by atoms with Crippen molar-refractivity contribution in [2.75, 3.05) is 12.4 Å². The van der Waals surface area contributed by atoms with Gasteiger partial charge in [0.25, 0.3) is 5.91 Å². The number of nitrogens with zero attached hydrogens (tertiary/aromatic N) is 1. The fourth-order valence-corrected chi connectivity index (χ4v) is 4.33. The molecule has 7 nitrogen and oxygen atoms in total. The molecular formula is C27H23ClN2O5S. The van der Waals surface area contributed by atoms with Crippen LogP contribution >= 0.6 is 11.6 Å². The molecule has 36 heavy (non-hydrogen) atoms. The lowest BCUT2D eigenvalue weighted by molar-refractivity contribution is -0.112. The van der Waals surface area contributed by atoms with Gasteiger partial charge in [0.2, 0.25) is 0 Å². The maximum Gasteiger partial charge on any atom is 0.339 e. The Morgan fingerprint density at radius 3 is 2.39 bits per heavy atom. The van der Waals surface area contributed by atoms with Crippen LogP contribution in [-0.4, -0.2) is 21.4 Å². The number of carbonyl (C=O) groups is 1. The lowest BCUT2D eigenvalue weighted by Gasteiger charge is -2.16. The van der Waals surface area contributed by atoms with E-state index >= 15 is 0 Å². The minimum atomic E-state index is -4.20. The molecule has 0 radical (unpaired) electrons. The minimum absolute atomic E-state index is 0.0212. The zero-order chi connectivity index (χ0) is 26.3. The van der Waals surface area contributed by atoms with Crippen molar-refractivity contribution in [2.45, 2.75) is 18.2 Å². The molecule has 9 heteroatoms. The standard InChI is InChI=1S/C27H23ClN2O5S/c1-4-5-20-14-19(15-21(17-29)27(31)30-23-10-6-18(2)7-11-23)16-25(34-3)26(20)35-36(32,33)24-12-8-22(28)9-13-24/h4,6-16H,1,5H2,2-3H3,(H,30,31)/b21-15+. The minimum Gasteiger partial charge on any atom is -0.493 e. The van der Waals surface area contributed by atoms with Crippen LogP contribution in [0.25, 0.3) is 6.08 Å². The molecule has 3 rings (SSSR count). The van der Waals surface area contributed by atoms with Crippen molar-refractivity contribution < 1.29 is 22.1 Å². The zero-order valence-electron chi connectivity index (χ0n) is 19.6. The van der Waals surface area contributed by atoms with Gasteiger partial charge in [-0.2, -0.15) is 13.7 Å². The average Bonchev–Trinajstić information content (AvgIpc) is 2.85. The van der Waals surface area contributed by atoms with E-state index in [0.29, 0.717) is 21.8 Å². The number of methoxy groups -OCH3 is 1. The van der Waals surface area contributed by atoms with Crippen LogP contribution in [0.1, 0.15) is 16.7 Å².